The van der Waals surface area contributed by atoms with Crippen LogP contribution in [0, 0.1) is 5.92 Å². The molecule has 2 aromatic rings. The highest BCUT2D eigenvalue weighted by atomic mass is 32.2. The van der Waals surface area contributed by atoms with Crippen LogP contribution in [0.3, 0.4) is 0 Å². The molecular formula is C19H21N5O3S. The number of likely N-dealkylation sites (tertiary alicyclic amines) is 1. The molecule has 3 heterocycles. The van der Waals surface area contributed by atoms with Crippen molar-refractivity contribution in [2.24, 2.45) is 16.0 Å². The van der Waals surface area contributed by atoms with Gasteiger partial charge in [0.1, 0.15) is 11.6 Å². The summed E-state index contributed by atoms with van der Waals surface area (Å²) in [6, 6.07) is 8.89. The molecule has 0 saturated carbocycles. The fraction of sp³-hybridized carbons (Fsp3) is 0.316. The largest absolute Gasteiger partial charge is 0.492 e. The lowest BCUT2D eigenvalue weighted by atomic mass is 9.98. The Morgan fingerprint density at radius 3 is 2.96 bits per heavy atom. The minimum absolute atomic E-state index is 0.0206. The number of nitrogens with one attached hydrogen (secondary N) is 1. The van der Waals surface area contributed by atoms with Crippen LogP contribution in [0.15, 0.2) is 47.1 Å². The monoisotopic (exact) mass is 399 g/mol. The van der Waals surface area contributed by atoms with E-state index in [1.165, 1.54) is 0 Å². The van der Waals surface area contributed by atoms with Crippen LogP contribution in [-0.2, 0) is 11.2 Å². The first-order valence-electron chi connectivity index (χ1n) is 9.10. The Morgan fingerprint density at radius 1 is 1.32 bits per heavy atom. The van der Waals surface area contributed by atoms with Crippen LogP contribution < -0.4 is 15.2 Å². The molecule has 8 nitrogen and oxygen atoms in total. The van der Waals surface area contributed by atoms with Gasteiger partial charge in [-0.1, -0.05) is 6.07 Å². The van der Waals surface area contributed by atoms with Gasteiger partial charge in [0.25, 0.3) is 5.91 Å². The molecule has 1 amide bonds. The van der Waals surface area contributed by atoms with Crippen LogP contribution in [0.25, 0.3) is 0 Å². The number of aromatic nitrogens is 1. The highest BCUT2D eigenvalue weighted by molar-refractivity contribution is 7.85. The summed E-state index contributed by atoms with van der Waals surface area (Å²) in [5.41, 5.74) is 7.87. The second-order valence-corrected chi connectivity index (χ2v) is 7.70. The number of anilines is 1. The van der Waals surface area contributed by atoms with Crippen molar-refractivity contribution in [3.63, 3.8) is 0 Å². The molecule has 1 fully saturated rings. The van der Waals surface area contributed by atoms with Gasteiger partial charge in [-0.25, -0.2) is 4.21 Å². The summed E-state index contributed by atoms with van der Waals surface area (Å²) in [4.78, 5) is 18.5. The summed E-state index contributed by atoms with van der Waals surface area (Å²) < 4.78 is 24.3. The number of amidine groups is 1. The standard InChI is InChI=1S/C19H21N5O3S/c20-18-17-15(22-28(26)23-18)4-1-5-16(17)27-12-13-3-2-10-24(11-13)19(25)14-6-8-21-9-7-14/h1,4-9,13,22H,2-3,10-12H2,(H2,20,23). The number of carbonyl (C=O) groups is 1. The number of piperidine rings is 1. The van der Waals surface area contributed by atoms with Crippen molar-refractivity contribution >= 4 is 28.6 Å². The Hall–Kier alpha value is -2.94. The number of hydrogen-bond acceptors (Lipinski definition) is 5. The van der Waals surface area contributed by atoms with E-state index in [0.717, 1.165) is 19.4 Å². The van der Waals surface area contributed by atoms with Crippen molar-refractivity contribution in [1.29, 1.82) is 0 Å². The third kappa shape index (κ3) is 3.84. The number of nitrogens with two attached hydrogens (primary N) is 1. The zero-order chi connectivity index (χ0) is 19.5. The number of pyridine rings is 1. The molecule has 0 aliphatic carbocycles. The van der Waals surface area contributed by atoms with Crippen LogP contribution in [0.4, 0.5) is 5.69 Å². The lowest BCUT2D eigenvalue weighted by Crippen LogP contribution is -2.41. The molecule has 1 aromatic carbocycles. The Kier molecular flexibility index (Phi) is 5.25. The molecular weight excluding hydrogens is 378 g/mol. The summed E-state index contributed by atoms with van der Waals surface area (Å²) in [7, 11) is 0. The van der Waals surface area contributed by atoms with E-state index < -0.39 is 11.2 Å². The van der Waals surface area contributed by atoms with E-state index in [0.29, 0.717) is 35.7 Å². The minimum Gasteiger partial charge on any atom is -0.492 e. The van der Waals surface area contributed by atoms with E-state index >= 15 is 0 Å². The predicted octanol–water partition coefficient (Wildman–Crippen LogP) is 1.72. The van der Waals surface area contributed by atoms with E-state index in [-0.39, 0.29) is 17.7 Å². The van der Waals surface area contributed by atoms with Crippen molar-refractivity contribution < 1.29 is 13.7 Å². The topological polar surface area (TPSA) is 110 Å². The van der Waals surface area contributed by atoms with Gasteiger partial charge in [-0.3, -0.25) is 14.5 Å². The zero-order valence-corrected chi connectivity index (χ0v) is 16.0. The van der Waals surface area contributed by atoms with Crippen molar-refractivity contribution in [1.82, 2.24) is 9.88 Å². The Labute approximate surface area is 165 Å². The van der Waals surface area contributed by atoms with Gasteiger partial charge >= 0.3 is 0 Å². The smallest absolute Gasteiger partial charge is 0.253 e. The molecule has 1 saturated heterocycles. The summed E-state index contributed by atoms with van der Waals surface area (Å²) in [6.07, 6.45) is 5.18. The van der Waals surface area contributed by atoms with Gasteiger partial charge in [0, 0.05) is 37.0 Å². The Morgan fingerprint density at radius 2 is 2.14 bits per heavy atom. The van der Waals surface area contributed by atoms with E-state index in [9.17, 15) is 9.00 Å². The third-order valence-corrected chi connectivity index (χ3v) is 5.63. The van der Waals surface area contributed by atoms with Crippen molar-refractivity contribution in [2.75, 3.05) is 24.4 Å². The van der Waals surface area contributed by atoms with Crippen molar-refractivity contribution in [3.8, 4) is 5.75 Å². The van der Waals surface area contributed by atoms with E-state index in [4.69, 9.17) is 10.5 Å². The van der Waals surface area contributed by atoms with Crippen LogP contribution in [-0.4, -0.2) is 45.5 Å². The number of nitrogens with zero attached hydrogens (tertiary/aromatic N) is 3. The molecule has 1 aromatic heterocycles. The lowest BCUT2D eigenvalue weighted by Gasteiger charge is -2.33. The first-order valence-corrected chi connectivity index (χ1v) is 10.2. The second-order valence-electron chi connectivity index (χ2n) is 6.81. The third-order valence-electron chi connectivity index (χ3n) is 4.87. The molecule has 0 spiro atoms. The minimum atomic E-state index is -1.57. The first kappa shape index (κ1) is 18.4. The number of ether oxygens (including phenoxy) is 1. The second kappa shape index (κ2) is 7.97. The van der Waals surface area contributed by atoms with Crippen molar-refractivity contribution in [2.45, 2.75) is 12.8 Å². The molecule has 2 unspecified atom stereocenters. The van der Waals surface area contributed by atoms with E-state index in [2.05, 4.69) is 14.1 Å². The molecule has 2 atom stereocenters. The number of benzene rings is 1. The predicted molar refractivity (Wildman–Crippen MR) is 107 cm³/mol. The van der Waals surface area contributed by atoms with Gasteiger partial charge in [-0.15, -0.1) is 0 Å². The summed E-state index contributed by atoms with van der Waals surface area (Å²) in [5, 5.41) is 0. The van der Waals surface area contributed by atoms with Gasteiger partial charge in [0.05, 0.1) is 17.9 Å². The van der Waals surface area contributed by atoms with E-state index in [1.54, 1.807) is 30.6 Å². The molecule has 0 bridgehead atoms. The van der Waals surface area contributed by atoms with Gasteiger partial charge in [0.2, 0.25) is 11.2 Å². The molecule has 3 N–H and O–H groups in total. The number of hydrogen-bond donors (Lipinski definition) is 2. The number of carbonyl (C=O) groups excluding carboxylic acids is 1. The number of rotatable bonds is 4. The van der Waals surface area contributed by atoms with Crippen LogP contribution in [0.2, 0.25) is 0 Å². The van der Waals surface area contributed by atoms with Gasteiger partial charge in [0.15, 0.2) is 0 Å². The zero-order valence-electron chi connectivity index (χ0n) is 15.2. The summed E-state index contributed by atoms with van der Waals surface area (Å²) in [5.74, 6) is 1.04. The van der Waals surface area contributed by atoms with Gasteiger partial charge in [-0.2, -0.15) is 4.40 Å². The quantitative estimate of drug-likeness (QED) is 0.813. The normalized spacial score (nSPS) is 21.3. The fourth-order valence-electron chi connectivity index (χ4n) is 3.52. The maximum Gasteiger partial charge on any atom is 0.253 e. The maximum absolute atomic E-state index is 12.7. The van der Waals surface area contributed by atoms with E-state index in [1.807, 2.05) is 17.0 Å². The number of amides is 1. The average molecular weight is 399 g/mol. The fourth-order valence-corrected chi connectivity index (χ4v) is 4.20. The van der Waals surface area contributed by atoms with Gasteiger partial charge in [-0.05, 0) is 37.1 Å². The SMILES string of the molecule is NC1=NS(=O)Nc2cccc(OCC3CCCN(C(=O)c4ccncc4)C3)c21. The summed E-state index contributed by atoms with van der Waals surface area (Å²) in [6.45, 7) is 1.85. The molecule has 28 heavy (non-hydrogen) atoms. The Balaban J connectivity index is 1.43. The molecule has 146 valence electrons. The average Bonchev–Trinajstić information content (AvgIpc) is 2.72. The highest BCUT2D eigenvalue weighted by Crippen LogP contribution is 2.30. The van der Waals surface area contributed by atoms with Gasteiger partial charge < -0.3 is 15.4 Å². The van der Waals surface area contributed by atoms with Crippen molar-refractivity contribution in [3.05, 3.63) is 53.9 Å². The summed E-state index contributed by atoms with van der Waals surface area (Å²) >= 11 is -1.57. The Bertz CT molecular complexity index is 934. The molecule has 4 rings (SSSR count). The first-order chi connectivity index (χ1) is 13.6. The molecule has 9 heteroatoms. The molecule has 2 aliphatic rings. The van der Waals surface area contributed by atoms with Crippen LogP contribution in [0.5, 0.6) is 5.75 Å². The number of fused-ring (bicyclic) bond motifs is 1. The molecule has 0 radical (unpaired) electrons. The lowest BCUT2D eigenvalue weighted by molar-refractivity contribution is 0.0633. The van der Waals surface area contributed by atoms with Crippen LogP contribution >= 0.6 is 0 Å². The maximum atomic E-state index is 12.7. The molecule has 2 aliphatic heterocycles. The highest BCUT2D eigenvalue weighted by Gasteiger charge is 2.26. The van der Waals surface area contributed by atoms with Crippen LogP contribution in [0.1, 0.15) is 28.8 Å².